The molecule has 0 aliphatic carbocycles. The van der Waals surface area contributed by atoms with Crippen LogP contribution < -0.4 is 10.5 Å². The molecule has 2 heterocycles. The number of nitrogen functional groups attached to an aromatic ring is 1. The van der Waals surface area contributed by atoms with Crippen LogP contribution in [0.5, 0.6) is 5.75 Å². The van der Waals surface area contributed by atoms with Gasteiger partial charge in [0.15, 0.2) is 22.1 Å². The van der Waals surface area contributed by atoms with E-state index in [1.54, 1.807) is 18.9 Å². The van der Waals surface area contributed by atoms with Crippen LogP contribution in [-0.4, -0.2) is 39.2 Å². The van der Waals surface area contributed by atoms with Crippen LogP contribution in [-0.2, 0) is 16.1 Å². The number of benzene rings is 1. The Morgan fingerprint density at radius 2 is 2.10 bits per heavy atom. The number of unbranched alkanes of at least 4 members (excludes halogenated alkanes) is 2. The second kappa shape index (κ2) is 10.8. The van der Waals surface area contributed by atoms with Gasteiger partial charge in [0.25, 0.3) is 0 Å². The minimum absolute atomic E-state index is 0.144. The number of aryl methyl sites for hydroxylation is 1. The summed E-state index contributed by atoms with van der Waals surface area (Å²) in [5.41, 5.74) is 7.35. The molecule has 3 aromatic rings. The summed E-state index contributed by atoms with van der Waals surface area (Å²) < 4.78 is 13.5. The molecule has 0 bridgehead atoms. The van der Waals surface area contributed by atoms with Crippen molar-refractivity contribution >= 4 is 57.3 Å². The molecule has 0 spiro atoms. The van der Waals surface area contributed by atoms with Crippen molar-refractivity contribution < 1.29 is 14.3 Å². The molecule has 2 aromatic heterocycles. The van der Waals surface area contributed by atoms with Gasteiger partial charge < -0.3 is 19.8 Å². The van der Waals surface area contributed by atoms with Crippen molar-refractivity contribution in [1.29, 1.82) is 0 Å². The van der Waals surface area contributed by atoms with Crippen molar-refractivity contribution in [2.24, 2.45) is 0 Å². The van der Waals surface area contributed by atoms with Crippen molar-refractivity contribution in [3.05, 3.63) is 28.1 Å². The molecule has 0 saturated carbocycles. The summed E-state index contributed by atoms with van der Waals surface area (Å²) in [7, 11) is 1.65. The van der Waals surface area contributed by atoms with E-state index >= 15 is 0 Å². The van der Waals surface area contributed by atoms with E-state index in [1.165, 1.54) is 6.33 Å². The lowest BCUT2D eigenvalue weighted by atomic mass is 10.2. The van der Waals surface area contributed by atoms with Crippen LogP contribution in [0.3, 0.4) is 0 Å². The fraction of sp³-hybridized carbons (Fsp3) is 0.400. The van der Waals surface area contributed by atoms with E-state index < -0.39 is 0 Å². The van der Waals surface area contributed by atoms with E-state index in [9.17, 15) is 4.79 Å². The zero-order valence-electron chi connectivity index (χ0n) is 16.9. The average Bonchev–Trinajstić information content (AvgIpc) is 3.08. The Morgan fingerprint density at radius 3 is 2.87 bits per heavy atom. The van der Waals surface area contributed by atoms with Gasteiger partial charge >= 0.3 is 5.97 Å². The number of hydrogen-bond donors (Lipinski definition) is 1. The maximum Gasteiger partial charge on any atom is 0.305 e. The van der Waals surface area contributed by atoms with Crippen molar-refractivity contribution in [1.82, 2.24) is 19.5 Å². The first kappa shape index (κ1) is 22.6. The summed E-state index contributed by atoms with van der Waals surface area (Å²) in [5.74, 6) is 1.01. The number of carbonyl (C=O) groups excluding carboxylic acids is 1. The lowest BCUT2D eigenvalue weighted by Gasteiger charge is -2.10. The van der Waals surface area contributed by atoms with Crippen molar-refractivity contribution in [2.45, 2.75) is 49.2 Å². The molecule has 3 rings (SSSR count). The first-order valence-corrected chi connectivity index (χ1v) is 11.6. The fourth-order valence-corrected chi connectivity index (χ4v) is 4.58. The van der Waals surface area contributed by atoms with Crippen molar-refractivity contribution in [3.8, 4) is 5.75 Å². The zero-order chi connectivity index (χ0) is 21.5. The zero-order valence-corrected chi connectivity index (χ0v) is 19.9. The largest absolute Gasteiger partial charge is 0.497 e. The highest BCUT2D eigenvalue weighted by Crippen LogP contribution is 2.35. The number of fused-ring (bicyclic) bond motifs is 1. The first-order chi connectivity index (χ1) is 14.5. The maximum absolute atomic E-state index is 11.5. The number of aromatic nitrogens is 4. The van der Waals surface area contributed by atoms with Gasteiger partial charge in [0.1, 0.15) is 12.1 Å². The number of hydrogen-bond acceptors (Lipinski definition) is 8. The predicted molar refractivity (Wildman–Crippen MR) is 125 cm³/mol. The van der Waals surface area contributed by atoms with E-state index in [4.69, 9.17) is 20.2 Å². The van der Waals surface area contributed by atoms with Crippen LogP contribution in [0.2, 0.25) is 0 Å². The highest BCUT2D eigenvalue weighted by molar-refractivity contribution is 14.1. The smallest absolute Gasteiger partial charge is 0.305 e. The SMILES string of the molecule is CCOC(=O)CCCCCn1c(Sc2cc(OC)ccc2I)nc2c(N)ncnc21. The molecule has 30 heavy (non-hydrogen) atoms. The molecule has 1 aromatic carbocycles. The third kappa shape index (κ3) is 5.54. The van der Waals surface area contributed by atoms with Gasteiger partial charge in [0.05, 0.1) is 13.7 Å². The van der Waals surface area contributed by atoms with Gasteiger partial charge in [-0.1, -0.05) is 18.2 Å². The van der Waals surface area contributed by atoms with Gasteiger partial charge in [-0.25, -0.2) is 15.0 Å². The van der Waals surface area contributed by atoms with Gasteiger partial charge in [-0.15, -0.1) is 0 Å². The average molecular weight is 541 g/mol. The number of ether oxygens (including phenoxy) is 2. The van der Waals surface area contributed by atoms with Crippen molar-refractivity contribution in [3.63, 3.8) is 0 Å². The number of esters is 1. The normalized spacial score (nSPS) is 11.0. The lowest BCUT2D eigenvalue weighted by molar-refractivity contribution is -0.143. The Balaban J connectivity index is 1.79. The highest BCUT2D eigenvalue weighted by atomic mass is 127. The summed E-state index contributed by atoms with van der Waals surface area (Å²) in [6.07, 6.45) is 4.48. The molecule has 0 unspecified atom stereocenters. The van der Waals surface area contributed by atoms with Crippen LogP contribution in [0.15, 0.2) is 34.6 Å². The Labute approximate surface area is 193 Å². The summed E-state index contributed by atoms with van der Waals surface area (Å²) in [6, 6.07) is 5.94. The molecular formula is C20H24IN5O3S. The summed E-state index contributed by atoms with van der Waals surface area (Å²) >= 11 is 3.85. The molecule has 0 saturated heterocycles. The van der Waals surface area contributed by atoms with Crippen LogP contribution in [0.4, 0.5) is 5.82 Å². The first-order valence-electron chi connectivity index (χ1n) is 9.67. The quantitative estimate of drug-likeness (QED) is 0.230. The molecular weight excluding hydrogens is 517 g/mol. The second-order valence-electron chi connectivity index (χ2n) is 6.49. The molecule has 0 radical (unpaired) electrons. The van der Waals surface area contributed by atoms with Crippen LogP contribution in [0.25, 0.3) is 11.2 Å². The Morgan fingerprint density at radius 1 is 1.27 bits per heavy atom. The summed E-state index contributed by atoms with van der Waals surface area (Å²) in [4.78, 5) is 25.7. The lowest BCUT2D eigenvalue weighted by Crippen LogP contribution is -2.05. The van der Waals surface area contributed by atoms with Gasteiger partial charge in [0.2, 0.25) is 0 Å². The Bertz CT molecular complexity index is 1030. The van der Waals surface area contributed by atoms with E-state index in [-0.39, 0.29) is 5.97 Å². The number of halogens is 1. The Hall–Kier alpha value is -2.08. The fourth-order valence-electron chi connectivity index (χ4n) is 2.95. The number of nitrogens with zero attached hydrogens (tertiary/aromatic N) is 4. The summed E-state index contributed by atoms with van der Waals surface area (Å²) in [5, 5.41) is 0.800. The molecule has 160 valence electrons. The van der Waals surface area contributed by atoms with Gasteiger partial charge in [-0.3, -0.25) is 4.79 Å². The molecule has 0 fully saturated rings. The highest BCUT2D eigenvalue weighted by Gasteiger charge is 2.17. The maximum atomic E-state index is 11.5. The van der Waals surface area contributed by atoms with Crippen LogP contribution in [0, 0.1) is 3.57 Å². The number of imidazole rings is 1. The molecule has 0 amide bonds. The number of anilines is 1. The standard InChI is InChI=1S/C20H24IN5O3S/c1-3-29-16(27)7-5-4-6-10-26-19-17(18(22)23-12-24-19)25-20(26)30-15-11-13(28-2)8-9-14(15)21/h8-9,11-12H,3-7,10H2,1-2H3,(H2,22,23,24). The Kier molecular flexibility index (Phi) is 8.14. The van der Waals surface area contributed by atoms with E-state index in [1.807, 2.05) is 25.1 Å². The van der Waals surface area contributed by atoms with E-state index in [0.29, 0.717) is 30.0 Å². The molecule has 0 aliphatic heterocycles. The molecule has 0 aliphatic rings. The molecule has 8 nitrogen and oxygen atoms in total. The minimum Gasteiger partial charge on any atom is -0.497 e. The van der Waals surface area contributed by atoms with E-state index in [2.05, 4.69) is 37.1 Å². The van der Waals surface area contributed by atoms with E-state index in [0.717, 1.165) is 45.2 Å². The third-order valence-electron chi connectivity index (χ3n) is 4.43. The molecule has 0 atom stereocenters. The van der Waals surface area contributed by atoms with Gasteiger partial charge in [-0.05, 0) is 60.6 Å². The predicted octanol–water partition coefficient (Wildman–Crippen LogP) is 4.30. The minimum atomic E-state index is -0.144. The van der Waals surface area contributed by atoms with Gasteiger partial charge in [-0.2, -0.15) is 0 Å². The monoisotopic (exact) mass is 541 g/mol. The second-order valence-corrected chi connectivity index (χ2v) is 8.66. The number of rotatable bonds is 10. The van der Waals surface area contributed by atoms with Crippen molar-refractivity contribution in [2.75, 3.05) is 19.5 Å². The van der Waals surface area contributed by atoms with Crippen LogP contribution >= 0.6 is 34.4 Å². The van der Waals surface area contributed by atoms with Crippen LogP contribution in [0.1, 0.15) is 32.6 Å². The third-order valence-corrected chi connectivity index (χ3v) is 6.79. The van der Waals surface area contributed by atoms with Gasteiger partial charge in [0, 0.05) is 21.4 Å². The summed E-state index contributed by atoms with van der Waals surface area (Å²) in [6.45, 7) is 2.96. The number of methoxy groups -OCH3 is 1. The number of nitrogens with two attached hydrogens (primary N) is 1. The number of carbonyl (C=O) groups is 1. The molecule has 10 heteroatoms. The topological polar surface area (TPSA) is 105 Å². The molecule has 2 N–H and O–H groups in total.